The van der Waals surface area contributed by atoms with E-state index >= 15 is 0 Å². The molecule has 0 saturated carbocycles. The van der Waals surface area contributed by atoms with Gasteiger partial charge in [-0.25, -0.2) is 0 Å². The van der Waals surface area contributed by atoms with Crippen LogP contribution in [-0.2, 0) is 0 Å². The Balaban J connectivity index is 2.49. The lowest BCUT2D eigenvalue weighted by Gasteiger charge is -2.04. The van der Waals surface area contributed by atoms with Crippen LogP contribution < -0.4 is 0 Å². The van der Waals surface area contributed by atoms with E-state index in [0.717, 1.165) is 15.5 Å². The molecule has 0 spiro atoms. The minimum absolute atomic E-state index is 0.0571. The molecule has 1 rings (SSSR count). The summed E-state index contributed by atoms with van der Waals surface area (Å²) in [5.74, 6) is 0.825. The van der Waals surface area contributed by atoms with E-state index in [2.05, 4.69) is 6.07 Å². The summed E-state index contributed by atoms with van der Waals surface area (Å²) in [6.07, 6.45) is 0. The van der Waals surface area contributed by atoms with Crippen molar-refractivity contribution >= 4 is 28.2 Å². The van der Waals surface area contributed by atoms with Crippen LogP contribution in [0.15, 0.2) is 30.3 Å². The number of hydrogen-bond donors (Lipinski definition) is 0. The van der Waals surface area contributed by atoms with E-state index in [1.54, 1.807) is 11.8 Å². The largest absolute Gasteiger partial charge is 0.198 e. The maximum Gasteiger partial charge on any atom is 0.0778 e. The number of thioether (sulfide) groups is 1. The minimum atomic E-state index is 0.0571. The highest BCUT2D eigenvalue weighted by molar-refractivity contribution is 8.23. The minimum Gasteiger partial charge on any atom is -0.198 e. The Morgan fingerprint density at radius 2 is 2.14 bits per heavy atom. The third-order valence-electron chi connectivity index (χ3n) is 1.69. The van der Waals surface area contributed by atoms with Crippen molar-refractivity contribution in [1.29, 1.82) is 5.26 Å². The Hall–Kier alpha value is -0.850. The van der Waals surface area contributed by atoms with Gasteiger partial charge in [0, 0.05) is 5.75 Å². The predicted molar refractivity (Wildman–Crippen MR) is 65.4 cm³/mol. The molecule has 0 aromatic heterocycles. The fraction of sp³-hybridized carbons (Fsp3) is 0.273. The lowest BCUT2D eigenvalue weighted by atomic mass is 10.2. The monoisotopic (exact) mass is 221 g/mol. The van der Waals surface area contributed by atoms with Crippen LogP contribution in [0.2, 0.25) is 0 Å². The number of nitrogens with zero attached hydrogens (tertiary/aromatic N) is 1. The average molecular weight is 221 g/mol. The highest BCUT2D eigenvalue weighted by Gasteiger charge is 2.04. The maximum atomic E-state index is 8.61. The van der Waals surface area contributed by atoms with Gasteiger partial charge in [0.15, 0.2) is 0 Å². The number of hydrogen-bond acceptors (Lipinski definition) is 3. The lowest BCUT2D eigenvalue weighted by molar-refractivity contribution is 0.866. The topological polar surface area (TPSA) is 23.8 Å². The summed E-state index contributed by atoms with van der Waals surface area (Å²) >= 11 is 6.81. The highest BCUT2D eigenvalue weighted by Crippen LogP contribution is 2.16. The first kappa shape index (κ1) is 11.2. The molecule has 72 valence electrons. The third-order valence-corrected chi connectivity index (χ3v) is 3.45. The summed E-state index contributed by atoms with van der Waals surface area (Å²) in [5, 5.41) is 8.61. The first-order valence-electron chi connectivity index (χ1n) is 4.36. The fourth-order valence-corrected chi connectivity index (χ4v) is 2.01. The molecule has 0 aliphatic heterocycles. The van der Waals surface area contributed by atoms with E-state index in [0.29, 0.717) is 0 Å². The third kappa shape index (κ3) is 3.49. The Kier molecular flexibility index (Phi) is 4.64. The van der Waals surface area contributed by atoms with Gasteiger partial charge in [-0.15, -0.1) is 11.8 Å². The van der Waals surface area contributed by atoms with E-state index in [-0.39, 0.29) is 5.92 Å². The molecule has 0 saturated heterocycles. The second-order valence-corrected chi connectivity index (χ2v) is 4.69. The Labute approximate surface area is 94.1 Å². The Morgan fingerprint density at radius 3 is 2.71 bits per heavy atom. The second kappa shape index (κ2) is 5.79. The molecule has 1 nitrogen and oxygen atoms in total. The highest BCUT2D eigenvalue weighted by atomic mass is 32.2. The van der Waals surface area contributed by atoms with E-state index in [1.165, 1.54) is 0 Å². The molecule has 1 aromatic carbocycles. The molecule has 14 heavy (non-hydrogen) atoms. The summed E-state index contributed by atoms with van der Waals surface area (Å²) in [4.78, 5) is 0. The van der Waals surface area contributed by atoms with Crippen molar-refractivity contribution in [3.8, 4) is 6.07 Å². The van der Waals surface area contributed by atoms with Crippen molar-refractivity contribution < 1.29 is 0 Å². The van der Waals surface area contributed by atoms with Crippen LogP contribution in [-0.4, -0.2) is 9.95 Å². The first-order valence-corrected chi connectivity index (χ1v) is 5.75. The summed E-state index contributed by atoms with van der Waals surface area (Å²) < 4.78 is 0.868. The van der Waals surface area contributed by atoms with Crippen LogP contribution in [0, 0.1) is 17.2 Å². The van der Waals surface area contributed by atoms with Gasteiger partial charge in [0.1, 0.15) is 0 Å². The van der Waals surface area contributed by atoms with Crippen LogP contribution in [0.5, 0.6) is 0 Å². The normalized spacial score (nSPS) is 11.7. The van der Waals surface area contributed by atoms with Crippen molar-refractivity contribution in [1.82, 2.24) is 0 Å². The molecular formula is C11H11NS2. The SMILES string of the molecule is CC(C#N)CSC(=S)c1ccccc1. The van der Waals surface area contributed by atoms with Gasteiger partial charge in [0.25, 0.3) is 0 Å². The zero-order chi connectivity index (χ0) is 10.4. The van der Waals surface area contributed by atoms with Crippen LogP contribution in [0.3, 0.4) is 0 Å². The van der Waals surface area contributed by atoms with Crippen molar-refractivity contribution in [3.05, 3.63) is 35.9 Å². The van der Waals surface area contributed by atoms with Crippen molar-refractivity contribution in [3.63, 3.8) is 0 Å². The molecule has 0 fully saturated rings. The Bertz CT molecular complexity index is 340. The van der Waals surface area contributed by atoms with Crippen molar-refractivity contribution in [2.75, 3.05) is 5.75 Å². The summed E-state index contributed by atoms with van der Waals surface area (Å²) in [7, 11) is 0. The van der Waals surface area contributed by atoms with Crippen LogP contribution in [0.4, 0.5) is 0 Å². The average Bonchev–Trinajstić information content (AvgIpc) is 2.26. The quantitative estimate of drug-likeness (QED) is 0.732. The van der Waals surface area contributed by atoms with Gasteiger partial charge in [-0.05, 0) is 12.5 Å². The fourth-order valence-electron chi connectivity index (χ4n) is 0.896. The maximum absolute atomic E-state index is 8.61. The molecule has 1 aromatic rings. The smallest absolute Gasteiger partial charge is 0.0778 e. The van der Waals surface area contributed by atoms with Gasteiger partial charge in [-0.3, -0.25) is 0 Å². The molecule has 0 N–H and O–H groups in total. The van der Waals surface area contributed by atoms with E-state index in [1.807, 2.05) is 37.3 Å². The van der Waals surface area contributed by atoms with Gasteiger partial charge in [-0.2, -0.15) is 5.26 Å². The summed E-state index contributed by atoms with van der Waals surface area (Å²) in [5.41, 5.74) is 1.07. The van der Waals surface area contributed by atoms with Gasteiger partial charge < -0.3 is 0 Å². The van der Waals surface area contributed by atoms with E-state index in [4.69, 9.17) is 17.5 Å². The van der Waals surface area contributed by atoms with Crippen molar-refractivity contribution in [2.24, 2.45) is 5.92 Å². The molecule has 0 heterocycles. The zero-order valence-corrected chi connectivity index (χ0v) is 9.57. The van der Waals surface area contributed by atoms with Crippen molar-refractivity contribution in [2.45, 2.75) is 6.92 Å². The second-order valence-electron chi connectivity index (χ2n) is 2.99. The van der Waals surface area contributed by atoms with Crippen LogP contribution >= 0.6 is 24.0 Å². The molecule has 0 amide bonds. The predicted octanol–water partition coefficient (Wildman–Crippen LogP) is 3.25. The van der Waals surface area contributed by atoms with Gasteiger partial charge >= 0.3 is 0 Å². The Morgan fingerprint density at radius 1 is 1.50 bits per heavy atom. The van der Waals surface area contributed by atoms with Gasteiger partial charge in [-0.1, -0.05) is 42.5 Å². The lowest BCUT2D eigenvalue weighted by Crippen LogP contribution is -1.98. The van der Waals surface area contributed by atoms with Crippen LogP contribution in [0.25, 0.3) is 0 Å². The number of benzene rings is 1. The van der Waals surface area contributed by atoms with E-state index in [9.17, 15) is 0 Å². The molecular weight excluding hydrogens is 210 g/mol. The summed E-state index contributed by atoms with van der Waals surface area (Å²) in [6.45, 7) is 1.90. The molecule has 0 bridgehead atoms. The molecule has 3 heteroatoms. The molecule has 1 unspecified atom stereocenters. The van der Waals surface area contributed by atoms with Gasteiger partial charge in [0.05, 0.1) is 16.2 Å². The molecule has 1 atom stereocenters. The molecule has 0 aliphatic carbocycles. The first-order chi connectivity index (χ1) is 6.74. The van der Waals surface area contributed by atoms with E-state index < -0.39 is 0 Å². The number of rotatable bonds is 3. The number of nitriles is 1. The van der Waals surface area contributed by atoms with Crippen LogP contribution in [0.1, 0.15) is 12.5 Å². The standard InChI is InChI=1S/C11H11NS2/c1-9(7-12)8-14-11(13)10-5-3-2-4-6-10/h2-6,9H,8H2,1H3. The summed E-state index contributed by atoms with van der Waals surface area (Å²) in [6, 6.07) is 12.1. The molecule has 0 radical (unpaired) electrons. The number of thiocarbonyl (C=S) groups is 1. The zero-order valence-electron chi connectivity index (χ0n) is 7.93. The van der Waals surface area contributed by atoms with Gasteiger partial charge in [0.2, 0.25) is 0 Å². The molecule has 0 aliphatic rings.